The smallest absolute Gasteiger partial charge is 0.0761 e. The van der Waals surface area contributed by atoms with Crippen molar-refractivity contribution in [1.29, 1.82) is 0 Å². The summed E-state index contributed by atoms with van der Waals surface area (Å²) in [6.45, 7) is 0. The third-order valence-corrected chi connectivity index (χ3v) is 4.09. The first-order valence-corrected chi connectivity index (χ1v) is 7.11. The summed E-state index contributed by atoms with van der Waals surface area (Å²) in [5.41, 5.74) is 2.60. The van der Waals surface area contributed by atoms with Gasteiger partial charge in [-0.15, -0.1) is 9.24 Å². The van der Waals surface area contributed by atoms with E-state index in [2.05, 4.69) is 26.4 Å². The molecular weight excluding hydrogens is 220 g/mol. The van der Waals surface area contributed by atoms with Gasteiger partial charge in [-0.3, -0.25) is 4.98 Å². The van der Waals surface area contributed by atoms with Crippen molar-refractivity contribution in [2.45, 2.75) is 24.3 Å². The maximum Gasteiger partial charge on any atom is 0.0761 e. The molecule has 0 amide bonds. The van der Waals surface area contributed by atoms with Gasteiger partial charge in [-0.2, -0.15) is 11.8 Å². The molecule has 1 aliphatic heterocycles. The van der Waals surface area contributed by atoms with Crippen molar-refractivity contribution >= 4 is 28.8 Å². The fraction of sp³-hybridized carbons (Fsp3) is 0.545. The molecule has 2 radical (unpaired) electrons. The fourth-order valence-electron chi connectivity index (χ4n) is 1.84. The number of aromatic nitrogens is 1. The molecule has 3 atom stereocenters. The second-order valence-corrected chi connectivity index (χ2v) is 6.02. The summed E-state index contributed by atoms with van der Waals surface area (Å²) in [6, 6.07) is 4.33. The Bertz CT molecular complexity index is 309. The summed E-state index contributed by atoms with van der Waals surface area (Å²) >= 11 is 2.04. The van der Waals surface area contributed by atoms with Gasteiger partial charge in [-0.1, -0.05) is 11.6 Å². The van der Waals surface area contributed by atoms with Crippen LogP contribution >= 0.6 is 21.0 Å². The minimum atomic E-state index is 0.116. The highest BCUT2D eigenvalue weighted by Gasteiger charge is 2.17. The van der Waals surface area contributed by atoms with Crippen LogP contribution in [0.15, 0.2) is 18.3 Å². The van der Waals surface area contributed by atoms with Crippen LogP contribution in [0, 0.1) is 0 Å². The molecule has 4 heteroatoms. The van der Waals surface area contributed by atoms with Crippen LogP contribution in [-0.2, 0) is 6.42 Å². The first kappa shape index (κ1) is 11.5. The van der Waals surface area contributed by atoms with Crippen LogP contribution in [0.1, 0.15) is 23.6 Å². The minimum Gasteiger partial charge on any atom is -0.261 e. The molecule has 0 saturated carbocycles. The lowest BCUT2D eigenvalue weighted by molar-refractivity contribution is 0.774. The Labute approximate surface area is 99.4 Å². The molecule has 0 N–H and O–H groups in total. The summed E-state index contributed by atoms with van der Waals surface area (Å²) in [4.78, 5) is 4.46. The van der Waals surface area contributed by atoms with E-state index in [4.69, 9.17) is 7.85 Å². The molecule has 1 fully saturated rings. The van der Waals surface area contributed by atoms with Gasteiger partial charge < -0.3 is 0 Å². The van der Waals surface area contributed by atoms with Crippen LogP contribution in [0.4, 0.5) is 0 Å². The number of thioether (sulfide) groups is 1. The second kappa shape index (κ2) is 5.36. The quantitative estimate of drug-likeness (QED) is 0.588. The average Bonchev–Trinajstić information content (AvgIpc) is 2.71. The van der Waals surface area contributed by atoms with Crippen LogP contribution < -0.4 is 0 Å². The number of hydrogen-bond acceptors (Lipinski definition) is 2. The zero-order valence-corrected chi connectivity index (χ0v) is 10.7. The molecule has 1 saturated heterocycles. The second-order valence-electron chi connectivity index (χ2n) is 4.01. The highest BCUT2D eigenvalue weighted by atomic mass is 32.2. The van der Waals surface area contributed by atoms with Gasteiger partial charge in [0, 0.05) is 17.6 Å². The van der Waals surface area contributed by atoms with Crippen molar-refractivity contribution in [2.75, 3.05) is 11.5 Å². The van der Waals surface area contributed by atoms with Gasteiger partial charge in [0.1, 0.15) is 0 Å². The van der Waals surface area contributed by atoms with Crippen molar-refractivity contribution in [2.24, 2.45) is 0 Å². The Hall–Kier alpha value is -0.00506. The minimum absolute atomic E-state index is 0.116. The highest BCUT2D eigenvalue weighted by molar-refractivity contribution is 7.99. The predicted molar refractivity (Wildman–Crippen MR) is 71.9 cm³/mol. The molecule has 0 aliphatic carbocycles. The zero-order chi connectivity index (χ0) is 10.7. The van der Waals surface area contributed by atoms with Gasteiger partial charge in [0.25, 0.3) is 0 Å². The van der Waals surface area contributed by atoms with E-state index in [0.29, 0.717) is 0 Å². The molecule has 1 aliphatic rings. The van der Waals surface area contributed by atoms with Gasteiger partial charge >= 0.3 is 0 Å². The normalized spacial score (nSPS) is 22.9. The lowest BCUT2D eigenvalue weighted by Gasteiger charge is -2.09. The first-order valence-electron chi connectivity index (χ1n) is 5.29. The largest absolute Gasteiger partial charge is 0.261 e. The maximum absolute atomic E-state index is 5.70. The molecule has 1 aromatic heterocycles. The molecule has 78 valence electrons. The third-order valence-electron chi connectivity index (χ3n) is 2.69. The van der Waals surface area contributed by atoms with E-state index in [9.17, 15) is 0 Å². The number of rotatable bonds is 3. The van der Waals surface area contributed by atoms with Gasteiger partial charge in [0.15, 0.2) is 0 Å². The van der Waals surface area contributed by atoms with E-state index in [1.54, 1.807) is 0 Å². The van der Waals surface area contributed by atoms with Crippen molar-refractivity contribution in [3.05, 3.63) is 29.6 Å². The molecule has 15 heavy (non-hydrogen) atoms. The van der Waals surface area contributed by atoms with Crippen LogP contribution in [0.3, 0.4) is 0 Å². The Morgan fingerprint density at radius 2 is 2.47 bits per heavy atom. The van der Waals surface area contributed by atoms with Crippen LogP contribution in [0.2, 0.25) is 0 Å². The summed E-state index contributed by atoms with van der Waals surface area (Å²) in [7, 11) is 8.30. The number of hydrogen-bond donors (Lipinski definition) is 0. The van der Waals surface area contributed by atoms with Crippen molar-refractivity contribution < 1.29 is 0 Å². The molecule has 3 unspecified atom stereocenters. The highest BCUT2D eigenvalue weighted by Crippen LogP contribution is 2.31. The fourth-order valence-corrected chi connectivity index (χ4v) is 3.34. The number of pyridine rings is 1. The standard InChI is InChI=1S/C11H15BNPS/c12-11(14)5-10-2-1-8(6-13-10)9-3-4-15-7-9/h1-2,6,9,11H,3-5,7,14H2. The van der Waals surface area contributed by atoms with E-state index in [-0.39, 0.29) is 5.56 Å². The van der Waals surface area contributed by atoms with E-state index in [1.165, 1.54) is 23.5 Å². The molecule has 2 rings (SSSR count). The Kier molecular flexibility index (Phi) is 4.10. The Morgan fingerprint density at radius 3 is 3.00 bits per heavy atom. The molecule has 0 aromatic carbocycles. The first-order chi connectivity index (χ1) is 7.25. The lowest BCUT2D eigenvalue weighted by atomic mass is 9.97. The van der Waals surface area contributed by atoms with Gasteiger partial charge in [0.2, 0.25) is 0 Å². The zero-order valence-electron chi connectivity index (χ0n) is 8.73. The summed E-state index contributed by atoms with van der Waals surface area (Å²) in [6.07, 6.45) is 4.16. The maximum atomic E-state index is 5.70. The van der Waals surface area contributed by atoms with Crippen molar-refractivity contribution in [3.63, 3.8) is 0 Å². The van der Waals surface area contributed by atoms with E-state index < -0.39 is 0 Å². The summed E-state index contributed by atoms with van der Waals surface area (Å²) in [5.74, 6) is 3.27. The summed E-state index contributed by atoms with van der Waals surface area (Å²) in [5, 5.41) is 0. The van der Waals surface area contributed by atoms with Crippen LogP contribution in [0.5, 0.6) is 0 Å². The summed E-state index contributed by atoms with van der Waals surface area (Å²) < 4.78 is 0. The lowest BCUT2D eigenvalue weighted by Crippen LogP contribution is -2.04. The van der Waals surface area contributed by atoms with E-state index >= 15 is 0 Å². The van der Waals surface area contributed by atoms with Crippen LogP contribution in [0.25, 0.3) is 0 Å². The topological polar surface area (TPSA) is 12.9 Å². The molecular formula is C11H15BNPS. The van der Waals surface area contributed by atoms with Crippen molar-refractivity contribution in [1.82, 2.24) is 4.98 Å². The third kappa shape index (κ3) is 3.22. The molecule has 2 heterocycles. The van der Waals surface area contributed by atoms with Gasteiger partial charge in [0.05, 0.1) is 7.85 Å². The Balaban J connectivity index is 2.03. The SMILES string of the molecule is [B]C(P)Cc1ccc(C2CCSC2)cn1. The van der Waals surface area contributed by atoms with Gasteiger partial charge in [-0.05, 0) is 36.1 Å². The number of nitrogens with zero attached hydrogens (tertiary/aromatic N) is 1. The van der Waals surface area contributed by atoms with E-state index in [1.807, 2.05) is 18.0 Å². The Morgan fingerprint density at radius 1 is 1.60 bits per heavy atom. The molecule has 0 spiro atoms. The average molecular weight is 235 g/mol. The molecule has 1 nitrogen and oxygen atoms in total. The van der Waals surface area contributed by atoms with Crippen molar-refractivity contribution in [3.8, 4) is 0 Å². The predicted octanol–water partition coefficient (Wildman–Crippen LogP) is 2.21. The molecule has 1 aromatic rings. The molecule has 0 bridgehead atoms. The monoisotopic (exact) mass is 235 g/mol. The van der Waals surface area contributed by atoms with Gasteiger partial charge in [-0.25, -0.2) is 0 Å². The van der Waals surface area contributed by atoms with E-state index in [0.717, 1.165) is 18.0 Å². The van der Waals surface area contributed by atoms with Crippen LogP contribution in [-0.4, -0.2) is 29.9 Å².